The Hall–Kier alpha value is -1.57. The van der Waals surface area contributed by atoms with E-state index in [0.29, 0.717) is 5.56 Å². The highest BCUT2D eigenvalue weighted by molar-refractivity contribution is 5.91. The number of benzene rings is 1. The number of carboxylic acid groups (broad SMARTS) is 1. The van der Waals surface area contributed by atoms with E-state index in [2.05, 4.69) is 0 Å². The van der Waals surface area contributed by atoms with Crippen LogP contribution in [-0.4, -0.2) is 11.1 Å². The third-order valence-corrected chi connectivity index (χ3v) is 2.29. The maximum absolute atomic E-state index is 11.1. The summed E-state index contributed by atoms with van der Waals surface area (Å²) < 4.78 is 0. The van der Waals surface area contributed by atoms with E-state index >= 15 is 0 Å². The first-order valence-corrected chi connectivity index (χ1v) is 5.06. The molecule has 2 nitrogen and oxygen atoms in total. The van der Waals surface area contributed by atoms with Gasteiger partial charge in [0.1, 0.15) is 0 Å². The van der Waals surface area contributed by atoms with Gasteiger partial charge < -0.3 is 5.11 Å². The summed E-state index contributed by atoms with van der Waals surface area (Å²) >= 11 is 0. The molecule has 0 saturated carbocycles. The average molecular weight is 204 g/mol. The number of aromatic carboxylic acids is 1. The summed E-state index contributed by atoms with van der Waals surface area (Å²) in [4.78, 5) is 11.1. The van der Waals surface area contributed by atoms with E-state index in [1.165, 1.54) is 0 Å². The van der Waals surface area contributed by atoms with Crippen LogP contribution in [0.4, 0.5) is 0 Å². The van der Waals surface area contributed by atoms with Crippen molar-refractivity contribution in [3.63, 3.8) is 0 Å². The molecule has 0 bridgehead atoms. The van der Waals surface area contributed by atoms with Crippen molar-refractivity contribution in [2.75, 3.05) is 0 Å². The Morgan fingerprint density at radius 3 is 2.53 bits per heavy atom. The lowest BCUT2D eigenvalue weighted by Gasteiger charge is -2.13. The molecule has 80 valence electrons. The van der Waals surface area contributed by atoms with Gasteiger partial charge >= 0.3 is 5.97 Å². The zero-order chi connectivity index (χ0) is 11.4. The molecule has 0 heterocycles. The lowest BCUT2D eigenvalue weighted by Crippen LogP contribution is -2.05. The fourth-order valence-corrected chi connectivity index (χ4v) is 1.74. The van der Waals surface area contributed by atoms with Gasteiger partial charge in [0.2, 0.25) is 0 Å². The van der Waals surface area contributed by atoms with Crippen LogP contribution in [0.5, 0.6) is 0 Å². The molecule has 0 atom stereocenters. The normalized spacial score (nSPS) is 11.2. The monoisotopic (exact) mass is 204 g/mol. The molecule has 2 heteroatoms. The van der Waals surface area contributed by atoms with Crippen LogP contribution < -0.4 is 0 Å². The average Bonchev–Trinajstić information content (AvgIpc) is 2.17. The summed E-state index contributed by atoms with van der Waals surface area (Å²) in [5.41, 5.74) is 2.30. The van der Waals surface area contributed by atoms with Crippen molar-refractivity contribution < 1.29 is 9.90 Å². The second kappa shape index (κ2) is 4.78. The van der Waals surface area contributed by atoms with E-state index in [0.717, 1.165) is 11.1 Å². The Balaban J connectivity index is 3.41. The molecule has 0 aromatic heterocycles. The number of hydrogen-bond acceptors (Lipinski definition) is 1. The molecule has 0 saturated heterocycles. The van der Waals surface area contributed by atoms with Crippen molar-refractivity contribution in [1.82, 2.24) is 0 Å². The molecular weight excluding hydrogens is 188 g/mol. The zero-order valence-corrected chi connectivity index (χ0v) is 9.32. The van der Waals surface area contributed by atoms with Crippen molar-refractivity contribution in [3.05, 3.63) is 41.0 Å². The molecule has 1 N–H and O–H groups in total. The standard InChI is InChI=1S/C13H16O2/c1-4-6-10-7-5-8-11(13(14)15)12(10)9(2)3/h4-9H,1-3H3,(H,14,15)/b6-4+. The maximum Gasteiger partial charge on any atom is 0.335 e. The number of hydrogen-bond donors (Lipinski definition) is 1. The molecule has 1 rings (SSSR count). The fraction of sp³-hybridized carbons (Fsp3) is 0.308. The van der Waals surface area contributed by atoms with Crippen LogP contribution in [0.2, 0.25) is 0 Å². The third kappa shape index (κ3) is 2.46. The van der Waals surface area contributed by atoms with Crippen LogP contribution in [0.3, 0.4) is 0 Å². The van der Waals surface area contributed by atoms with E-state index in [9.17, 15) is 4.79 Å². The van der Waals surface area contributed by atoms with Crippen molar-refractivity contribution >= 4 is 12.0 Å². The first-order valence-electron chi connectivity index (χ1n) is 5.06. The van der Waals surface area contributed by atoms with E-state index in [-0.39, 0.29) is 5.92 Å². The number of carboxylic acids is 1. The SMILES string of the molecule is C/C=C/c1cccc(C(=O)O)c1C(C)C. The topological polar surface area (TPSA) is 37.3 Å². The van der Waals surface area contributed by atoms with Gasteiger partial charge in [-0.1, -0.05) is 38.1 Å². The van der Waals surface area contributed by atoms with E-state index in [1.54, 1.807) is 12.1 Å². The summed E-state index contributed by atoms with van der Waals surface area (Å²) in [5.74, 6) is -0.645. The highest BCUT2D eigenvalue weighted by Crippen LogP contribution is 2.25. The lowest BCUT2D eigenvalue weighted by molar-refractivity contribution is 0.0695. The summed E-state index contributed by atoms with van der Waals surface area (Å²) in [6.45, 7) is 5.95. The summed E-state index contributed by atoms with van der Waals surface area (Å²) in [7, 11) is 0. The molecule has 0 spiro atoms. The minimum atomic E-state index is -0.856. The van der Waals surface area contributed by atoms with Gasteiger partial charge in [0.15, 0.2) is 0 Å². The second-order valence-corrected chi connectivity index (χ2v) is 3.77. The molecule has 0 radical (unpaired) electrons. The second-order valence-electron chi connectivity index (χ2n) is 3.77. The van der Waals surface area contributed by atoms with Crippen LogP contribution in [-0.2, 0) is 0 Å². The van der Waals surface area contributed by atoms with Crippen LogP contribution >= 0.6 is 0 Å². The van der Waals surface area contributed by atoms with Crippen LogP contribution in [0.25, 0.3) is 6.08 Å². The van der Waals surface area contributed by atoms with Crippen LogP contribution in [0, 0.1) is 0 Å². The van der Waals surface area contributed by atoms with Crippen LogP contribution in [0.1, 0.15) is 48.2 Å². The summed E-state index contributed by atoms with van der Waals surface area (Å²) in [5, 5.41) is 9.08. The van der Waals surface area contributed by atoms with Crippen molar-refractivity contribution in [3.8, 4) is 0 Å². The third-order valence-electron chi connectivity index (χ3n) is 2.29. The molecule has 15 heavy (non-hydrogen) atoms. The smallest absolute Gasteiger partial charge is 0.335 e. The fourth-order valence-electron chi connectivity index (χ4n) is 1.74. The number of rotatable bonds is 3. The van der Waals surface area contributed by atoms with Crippen molar-refractivity contribution in [1.29, 1.82) is 0 Å². The van der Waals surface area contributed by atoms with Crippen LogP contribution in [0.15, 0.2) is 24.3 Å². The molecule has 1 aromatic rings. The van der Waals surface area contributed by atoms with Gasteiger partial charge in [-0.3, -0.25) is 0 Å². The Bertz CT molecular complexity index is 390. The molecule has 0 aliphatic rings. The minimum absolute atomic E-state index is 0.212. The largest absolute Gasteiger partial charge is 0.478 e. The molecule has 0 unspecified atom stereocenters. The van der Waals surface area contributed by atoms with Gasteiger partial charge in [-0.25, -0.2) is 4.79 Å². The van der Waals surface area contributed by atoms with E-state index in [1.807, 2.05) is 39.0 Å². The van der Waals surface area contributed by atoms with Crippen molar-refractivity contribution in [2.24, 2.45) is 0 Å². The molecule has 0 amide bonds. The van der Waals surface area contributed by atoms with Gasteiger partial charge in [0.05, 0.1) is 5.56 Å². The van der Waals surface area contributed by atoms with E-state index in [4.69, 9.17) is 5.11 Å². The predicted octanol–water partition coefficient (Wildman–Crippen LogP) is 3.54. The Morgan fingerprint density at radius 1 is 1.40 bits per heavy atom. The Morgan fingerprint density at radius 2 is 2.07 bits per heavy atom. The zero-order valence-electron chi connectivity index (χ0n) is 9.32. The van der Waals surface area contributed by atoms with Gasteiger partial charge in [-0.05, 0) is 30.0 Å². The summed E-state index contributed by atoms with van der Waals surface area (Å²) in [6, 6.07) is 5.39. The van der Waals surface area contributed by atoms with Gasteiger partial charge in [0.25, 0.3) is 0 Å². The maximum atomic E-state index is 11.1. The molecule has 0 aliphatic heterocycles. The first kappa shape index (κ1) is 11.5. The van der Waals surface area contributed by atoms with Gasteiger partial charge in [-0.15, -0.1) is 0 Å². The van der Waals surface area contributed by atoms with Gasteiger partial charge in [0, 0.05) is 0 Å². The highest BCUT2D eigenvalue weighted by Gasteiger charge is 2.14. The Kier molecular flexibility index (Phi) is 3.67. The first-order chi connectivity index (χ1) is 7.07. The molecule has 0 fully saturated rings. The summed E-state index contributed by atoms with van der Waals surface area (Å²) in [6.07, 6.45) is 3.87. The lowest BCUT2D eigenvalue weighted by atomic mass is 9.92. The number of allylic oxidation sites excluding steroid dienone is 1. The molecule has 1 aromatic carbocycles. The quantitative estimate of drug-likeness (QED) is 0.817. The molecule has 0 aliphatic carbocycles. The Labute approximate surface area is 90.3 Å². The molecular formula is C13H16O2. The van der Waals surface area contributed by atoms with E-state index < -0.39 is 5.97 Å². The predicted molar refractivity (Wildman–Crippen MR) is 62.2 cm³/mol. The highest BCUT2D eigenvalue weighted by atomic mass is 16.4. The minimum Gasteiger partial charge on any atom is -0.478 e. The number of carbonyl (C=O) groups is 1. The van der Waals surface area contributed by atoms with Gasteiger partial charge in [-0.2, -0.15) is 0 Å². The van der Waals surface area contributed by atoms with Crippen molar-refractivity contribution in [2.45, 2.75) is 26.7 Å².